The second-order valence-corrected chi connectivity index (χ2v) is 7.96. The molecule has 2 aliphatic rings. The number of likely N-dealkylation sites (tertiary alicyclic amines) is 1. The molecule has 1 atom stereocenters. The van der Waals surface area contributed by atoms with Crippen LogP contribution in [0.15, 0.2) is 36.4 Å². The van der Waals surface area contributed by atoms with Crippen molar-refractivity contribution in [3.05, 3.63) is 53.3 Å². The van der Waals surface area contributed by atoms with Gasteiger partial charge in [-0.3, -0.25) is 9.48 Å². The van der Waals surface area contributed by atoms with Crippen LogP contribution in [0.5, 0.6) is 0 Å². The van der Waals surface area contributed by atoms with Crippen molar-refractivity contribution >= 4 is 5.91 Å². The van der Waals surface area contributed by atoms with Crippen LogP contribution in [0.2, 0.25) is 0 Å². The van der Waals surface area contributed by atoms with E-state index in [4.69, 9.17) is 5.10 Å². The van der Waals surface area contributed by atoms with Crippen LogP contribution in [-0.2, 0) is 24.3 Å². The number of hydrogen-bond acceptors (Lipinski definition) is 3. The van der Waals surface area contributed by atoms with Crippen LogP contribution in [-0.4, -0.2) is 51.2 Å². The zero-order valence-corrected chi connectivity index (χ0v) is 16.3. The third kappa shape index (κ3) is 4.41. The third-order valence-electron chi connectivity index (χ3n) is 5.97. The first-order valence-corrected chi connectivity index (χ1v) is 10.3. The van der Waals surface area contributed by atoms with E-state index < -0.39 is 0 Å². The summed E-state index contributed by atoms with van der Waals surface area (Å²) in [5.74, 6) is 0.290. The summed E-state index contributed by atoms with van der Waals surface area (Å²) in [4.78, 5) is 17.2. The molecule has 2 aliphatic heterocycles. The van der Waals surface area contributed by atoms with Crippen molar-refractivity contribution in [3.8, 4) is 0 Å². The van der Waals surface area contributed by atoms with E-state index in [1.807, 2.05) is 11.0 Å². The van der Waals surface area contributed by atoms with Gasteiger partial charge in [0.2, 0.25) is 5.91 Å². The molecular weight excluding hydrogens is 336 g/mol. The molecule has 0 bridgehead atoms. The summed E-state index contributed by atoms with van der Waals surface area (Å²) in [7, 11) is 0. The van der Waals surface area contributed by atoms with Crippen LogP contribution in [0.3, 0.4) is 0 Å². The fraction of sp³-hybridized carbons (Fsp3) is 0.545. The van der Waals surface area contributed by atoms with Gasteiger partial charge in [-0.05, 0) is 50.9 Å². The molecule has 1 aromatic carbocycles. The highest BCUT2D eigenvalue weighted by atomic mass is 16.2. The predicted octanol–water partition coefficient (Wildman–Crippen LogP) is 3.08. The van der Waals surface area contributed by atoms with Crippen molar-refractivity contribution in [1.82, 2.24) is 19.6 Å². The van der Waals surface area contributed by atoms with E-state index in [0.29, 0.717) is 19.0 Å². The summed E-state index contributed by atoms with van der Waals surface area (Å²) in [6.07, 6.45) is 5.08. The molecule has 5 nitrogen and oxygen atoms in total. The van der Waals surface area contributed by atoms with Crippen molar-refractivity contribution in [3.63, 3.8) is 0 Å². The maximum Gasteiger partial charge on any atom is 0.223 e. The number of rotatable bonds is 6. The standard InChI is InChI=1S/C22H30N4O/c1-18(24-11-5-6-12-24)9-10-22(27)25-13-14-26-21(17-25)16-20(23-26)15-19-7-3-2-4-8-19/h2-4,7-8,16,18H,5-6,9-15,17H2,1H3/t18-/m1/s1. The number of amides is 1. The molecule has 0 saturated carbocycles. The average molecular weight is 367 g/mol. The number of benzene rings is 1. The summed E-state index contributed by atoms with van der Waals surface area (Å²) in [6, 6.07) is 13.1. The fourth-order valence-electron chi connectivity index (χ4n) is 4.29. The van der Waals surface area contributed by atoms with E-state index in [9.17, 15) is 4.79 Å². The Hall–Kier alpha value is -2.14. The van der Waals surface area contributed by atoms with Gasteiger partial charge in [-0.15, -0.1) is 0 Å². The van der Waals surface area contributed by atoms with E-state index in [1.165, 1.54) is 31.5 Å². The minimum atomic E-state index is 0.290. The molecule has 5 heteroatoms. The molecule has 1 aromatic heterocycles. The van der Waals surface area contributed by atoms with E-state index in [-0.39, 0.29) is 5.91 Å². The molecule has 1 amide bonds. The van der Waals surface area contributed by atoms with Gasteiger partial charge in [0.25, 0.3) is 0 Å². The zero-order valence-electron chi connectivity index (χ0n) is 16.3. The van der Waals surface area contributed by atoms with Gasteiger partial charge in [-0.1, -0.05) is 30.3 Å². The maximum absolute atomic E-state index is 12.7. The minimum absolute atomic E-state index is 0.290. The summed E-state index contributed by atoms with van der Waals surface area (Å²) < 4.78 is 2.08. The quantitative estimate of drug-likeness (QED) is 0.789. The van der Waals surface area contributed by atoms with Crippen LogP contribution in [0.25, 0.3) is 0 Å². The van der Waals surface area contributed by atoms with E-state index in [1.54, 1.807) is 0 Å². The first-order valence-electron chi connectivity index (χ1n) is 10.3. The number of fused-ring (bicyclic) bond motifs is 1. The molecule has 27 heavy (non-hydrogen) atoms. The molecule has 1 fully saturated rings. The van der Waals surface area contributed by atoms with Gasteiger partial charge in [0.1, 0.15) is 0 Å². The molecule has 0 unspecified atom stereocenters. The van der Waals surface area contributed by atoms with Gasteiger partial charge in [-0.25, -0.2) is 0 Å². The topological polar surface area (TPSA) is 41.4 Å². The van der Waals surface area contributed by atoms with E-state index in [0.717, 1.165) is 37.3 Å². The predicted molar refractivity (Wildman–Crippen MR) is 106 cm³/mol. The molecule has 0 spiro atoms. The number of carbonyl (C=O) groups is 1. The van der Waals surface area contributed by atoms with Crippen LogP contribution in [0, 0.1) is 0 Å². The van der Waals surface area contributed by atoms with Gasteiger partial charge in [0.15, 0.2) is 0 Å². The molecule has 0 radical (unpaired) electrons. The number of carbonyl (C=O) groups excluding carboxylic acids is 1. The Labute approximate surface area is 162 Å². The summed E-state index contributed by atoms with van der Waals surface area (Å²) >= 11 is 0. The monoisotopic (exact) mass is 366 g/mol. The molecule has 3 heterocycles. The van der Waals surface area contributed by atoms with Crippen molar-refractivity contribution in [2.45, 2.75) is 58.2 Å². The lowest BCUT2D eigenvalue weighted by molar-refractivity contribution is -0.133. The van der Waals surface area contributed by atoms with Crippen molar-refractivity contribution in [1.29, 1.82) is 0 Å². The van der Waals surface area contributed by atoms with Gasteiger partial charge in [0.05, 0.1) is 24.5 Å². The van der Waals surface area contributed by atoms with E-state index in [2.05, 4.69) is 46.8 Å². The molecule has 144 valence electrons. The lowest BCUT2D eigenvalue weighted by atomic mass is 10.1. The Kier molecular flexibility index (Phi) is 5.58. The molecule has 1 saturated heterocycles. The summed E-state index contributed by atoms with van der Waals surface area (Å²) in [6.45, 7) is 6.93. The first kappa shape index (κ1) is 18.2. The molecule has 0 N–H and O–H groups in total. The Morgan fingerprint density at radius 1 is 1.11 bits per heavy atom. The van der Waals surface area contributed by atoms with Crippen molar-refractivity contribution < 1.29 is 4.79 Å². The van der Waals surface area contributed by atoms with Crippen LogP contribution in [0.1, 0.15) is 49.6 Å². The summed E-state index contributed by atoms with van der Waals surface area (Å²) in [5, 5.41) is 4.74. The Morgan fingerprint density at radius 2 is 1.89 bits per heavy atom. The van der Waals surface area contributed by atoms with Crippen molar-refractivity contribution in [2.75, 3.05) is 19.6 Å². The second-order valence-electron chi connectivity index (χ2n) is 7.96. The normalized spacial score (nSPS) is 18.5. The highest BCUT2D eigenvalue weighted by molar-refractivity contribution is 5.76. The van der Waals surface area contributed by atoms with Gasteiger partial charge in [0, 0.05) is 25.4 Å². The van der Waals surface area contributed by atoms with Crippen molar-refractivity contribution in [2.24, 2.45) is 0 Å². The van der Waals surface area contributed by atoms with Crippen LogP contribution in [0.4, 0.5) is 0 Å². The smallest absolute Gasteiger partial charge is 0.223 e. The Balaban J connectivity index is 1.31. The first-order chi connectivity index (χ1) is 13.2. The largest absolute Gasteiger partial charge is 0.335 e. The van der Waals surface area contributed by atoms with Gasteiger partial charge >= 0.3 is 0 Å². The molecule has 0 aliphatic carbocycles. The highest BCUT2D eigenvalue weighted by Crippen LogP contribution is 2.19. The van der Waals surface area contributed by atoms with Crippen LogP contribution >= 0.6 is 0 Å². The van der Waals surface area contributed by atoms with Crippen LogP contribution < -0.4 is 0 Å². The minimum Gasteiger partial charge on any atom is -0.335 e. The average Bonchev–Trinajstić information content (AvgIpc) is 3.35. The van der Waals surface area contributed by atoms with Gasteiger partial charge in [-0.2, -0.15) is 5.10 Å². The Morgan fingerprint density at radius 3 is 2.67 bits per heavy atom. The second kappa shape index (κ2) is 8.26. The molecular formula is C22H30N4O. The molecule has 4 rings (SSSR count). The lowest BCUT2D eigenvalue weighted by Crippen LogP contribution is -2.39. The van der Waals surface area contributed by atoms with E-state index >= 15 is 0 Å². The highest BCUT2D eigenvalue weighted by Gasteiger charge is 2.24. The lowest BCUT2D eigenvalue weighted by Gasteiger charge is -2.29. The summed E-state index contributed by atoms with van der Waals surface area (Å²) in [5.41, 5.74) is 3.53. The third-order valence-corrected chi connectivity index (χ3v) is 5.97. The number of aromatic nitrogens is 2. The van der Waals surface area contributed by atoms with Gasteiger partial charge < -0.3 is 9.80 Å². The maximum atomic E-state index is 12.7. The zero-order chi connectivity index (χ0) is 18.6. The molecule has 2 aromatic rings. The number of hydrogen-bond donors (Lipinski definition) is 0. The Bertz CT molecular complexity index is 764. The fourth-order valence-corrected chi connectivity index (χ4v) is 4.29. The number of nitrogens with zero attached hydrogens (tertiary/aromatic N) is 4. The SMILES string of the molecule is C[C@H](CCC(=O)N1CCn2nc(Cc3ccccc3)cc2C1)N1CCCC1.